The standard InChI is InChI=1S/C26H25ClF2N4O5/c1-14-8-21(38-12-15-4-5-16(28)9-18(15)29)23(27)24(35)33(14)17-6-7-19-20(10-17)32(25(30)36)13-31(19)22(34)11-26(2,3)37/h4-10,37H,11-13H2,1-3H3,(H2,30,36). The molecular weight excluding hydrogens is 522 g/mol. The number of primary amides is 1. The largest absolute Gasteiger partial charge is 0.487 e. The summed E-state index contributed by atoms with van der Waals surface area (Å²) in [7, 11) is 0. The molecule has 3 aromatic rings. The van der Waals surface area contributed by atoms with Crippen LogP contribution in [0.4, 0.5) is 25.0 Å². The van der Waals surface area contributed by atoms with Crippen molar-refractivity contribution >= 4 is 34.9 Å². The maximum atomic E-state index is 14.0. The van der Waals surface area contributed by atoms with Crippen molar-refractivity contribution < 1.29 is 28.2 Å². The van der Waals surface area contributed by atoms with E-state index in [9.17, 15) is 28.3 Å². The molecule has 0 saturated heterocycles. The fraction of sp³-hybridized carbons (Fsp3) is 0.269. The summed E-state index contributed by atoms with van der Waals surface area (Å²) in [5.41, 5.74) is 5.16. The molecular formula is C26H25ClF2N4O5. The highest BCUT2D eigenvalue weighted by molar-refractivity contribution is 6.31. The van der Waals surface area contributed by atoms with Crippen LogP contribution >= 0.6 is 11.6 Å². The molecule has 0 aliphatic carbocycles. The number of anilines is 2. The molecule has 0 bridgehead atoms. The van der Waals surface area contributed by atoms with Crippen LogP contribution in [0.3, 0.4) is 0 Å². The smallest absolute Gasteiger partial charge is 0.320 e. The summed E-state index contributed by atoms with van der Waals surface area (Å²) < 4.78 is 34.0. The number of rotatable bonds is 6. The average molecular weight is 547 g/mol. The van der Waals surface area contributed by atoms with Gasteiger partial charge in [0.05, 0.1) is 29.1 Å². The number of halogens is 3. The third-order valence-electron chi connectivity index (χ3n) is 5.93. The first kappa shape index (κ1) is 27.1. The van der Waals surface area contributed by atoms with Gasteiger partial charge < -0.3 is 15.6 Å². The van der Waals surface area contributed by atoms with Gasteiger partial charge in [-0.05, 0) is 51.1 Å². The number of nitrogens with two attached hydrogens (primary N) is 1. The quantitative estimate of drug-likeness (QED) is 0.484. The van der Waals surface area contributed by atoms with Crippen LogP contribution in [-0.4, -0.2) is 33.9 Å². The van der Waals surface area contributed by atoms with Crippen molar-refractivity contribution in [3.8, 4) is 11.4 Å². The molecule has 4 rings (SSSR count). The lowest BCUT2D eigenvalue weighted by molar-refractivity contribution is -0.122. The van der Waals surface area contributed by atoms with E-state index in [1.165, 1.54) is 46.4 Å². The minimum absolute atomic E-state index is 0.0115. The van der Waals surface area contributed by atoms with Crippen molar-refractivity contribution in [1.29, 1.82) is 0 Å². The molecule has 38 heavy (non-hydrogen) atoms. The third-order valence-corrected chi connectivity index (χ3v) is 6.28. The van der Waals surface area contributed by atoms with Crippen molar-refractivity contribution in [2.45, 2.75) is 39.4 Å². The molecule has 0 spiro atoms. The van der Waals surface area contributed by atoms with Gasteiger partial charge in [0.15, 0.2) is 0 Å². The van der Waals surface area contributed by atoms with Crippen LogP contribution in [0.5, 0.6) is 5.75 Å². The van der Waals surface area contributed by atoms with Crippen LogP contribution in [-0.2, 0) is 11.4 Å². The summed E-state index contributed by atoms with van der Waals surface area (Å²) in [4.78, 5) is 40.7. The summed E-state index contributed by atoms with van der Waals surface area (Å²) >= 11 is 6.30. The maximum Gasteiger partial charge on any atom is 0.320 e. The van der Waals surface area contributed by atoms with Gasteiger partial charge in [0.25, 0.3) is 5.56 Å². The molecule has 1 aliphatic rings. The van der Waals surface area contributed by atoms with Crippen molar-refractivity contribution in [2.24, 2.45) is 5.73 Å². The first-order valence-corrected chi connectivity index (χ1v) is 11.9. The molecule has 0 fully saturated rings. The van der Waals surface area contributed by atoms with Crippen molar-refractivity contribution in [3.63, 3.8) is 0 Å². The number of carbonyl (C=O) groups excluding carboxylic acids is 2. The number of urea groups is 1. The van der Waals surface area contributed by atoms with Gasteiger partial charge in [0.2, 0.25) is 5.91 Å². The summed E-state index contributed by atoms with van der Waals surface area (Å²) in [6.45, 7) is 4.19. The molecule has 1 aromatic heterocycles. The molecule has 9 nitrogen and oxygen atoms in total. The summed E-state index contributed by atoms with van der Waals surface area (Å²) in [6.07, 6.45) is -0.182. The van der Waals surface area contributed by atoms with Gasteiger partial charge in [0, 0.05) is 23.4 Å². The van der Waals surface area contributed by atoms with Crippen LogP contribution in [0.15, 0.2) is 47.3 Å². The number of carbonyl (C=O) groups is 2. The first-order chi connectivity index (χ1) is 17.8. The predicted octanol–water partition coefficient (Wildman–Crippen LogP) is 4.01. The SMILES string of the molecule is Cc1cc(OCc2ccc(F)cc2F)c(Cl)c(=O)n1-c1ccc2c(c1)N(C(N)=O)CN2C(=O)CC(C)(C)O. The van der Waals surface area contributed by atoms with E-state index in [1.54, 1.807) is 19.1 Å². The number of hydrogen-bond acceptors (Lipinski definition) is 5. The zero-order valence-corrected chi connectivity index (χ0v) is 21.6. The minimum atomic E-state index is -1.26. The minimum Gasteiger partial charge on any atom is -0.487 e. The van der Waals surface area contributed by atoms with E-state index < -0.39 is 34.7 Å². The Kier molecular flexibility index (Phi) is 7.18. The number of benzene rings is 2. The van der Waals surface area contributed by atoms with Gasteiger partial charge in [-0.1, -0.05) is 11.6 Å². The Balaban J connectivity index is 1.68. The van der Waals surface area contributed by atoms with E-state index >= 15 is 0 Å². The average Bonchev–Trinajstić information content (AvgIpc) is 3.20. The molecule has 0 unspecified atom stereocenters. The van der Waals surface area contributed by atoms with E-state index in [0.29, 0.717) is 22.8 Å². The number of fused-ring (bicyclic) bond motifs is 1. The Morgan fingerprint density at radius 1 is 1.11 bits per heavy atom. The third kappa shape index (κ3) is 5.34. The number of hydrogen-bond donors (Lipinski definition) is 2. The fourth-order valence-electron chi connectivity index (χ4n) is 4.16. The maximum absolute atomic E-state index is 14.0. The summed E-state index contributed by atoms with van der Waals surface area (Å²) in [6, 6.07) is 8.41. The van der Waals surface area contributed by atoms with E-state index in [-0.39, 0.29) is 36.0 Å². The highest BCUT2D eigenvalue weighted by atomic mass is 35.5. The zero-order chi connectivity index (χ0) is 27.9. The predicted molar refractivity (Wildman–Crippen MR) is 138 cm³/mol. The van der Waals surface area contributed by atoms with Crippen molar-refractivity contribution in [1.82, 2.24) is 4.57 Å². The summed E-state index contributed by atoms with van der Waals surface area (Å²) in [5, 5.41) is 9.78. The van der Waals surface area contributed by atoms with Gasteiger partial charge in [-0.3, -0.25) is 24.0 Å². The molecule has 3 N–H and O–H groups in total. The number of pyridine rings is 1. The first-order valence-electron chi connectivity index (χ1n) is 11.5. The van der Waals surface area contributed by atoms with E-state index in [4.69, 9.17) is 22.1 Å². The van der Waals surface area contributed by atoms with Gasteiger partial charge in [-0.2, -0.15) is 0 Å². The van der Waals surface area contributed by atoms with E-state index in [0.717, 1.165) is 12.1 Å². The fourth-order valence-corrected chi connectivity index (χ4v) is 4.35. The van der Waals surface area contributed by atoms with Gasteiger partial charge in [0.1, 0.15) is 35.7 Å². The molecule has 3 amide bonds. The highest BCUT2D eigenvalue weighted by Gasteiger charge is 2.35. The summed E-state index contributed by atoms with van der Waals surface area (Å²) in [5.74, 6) is -1.92. The molecule has 0 radical (unpaired) electrons. The molecule has 0 atom stereocenters. The number of ether oxygens (including phenoxy) is 1. The highest BCUT2D eigenvalue weighted by Crippen LogP contribution is 2.38. The number of amides is 3. The van der Waals surface area contributed by atoms with Crippen LogP contribution in [0.1, 0.15) is 31.5 Å². The van der Waals surface area contributed by atoms with E-state index in [1.807, 2.05) is 0 Å². The number of aromatic nitrogens is 1. The lowest BCUT2D eigenvalue weighted by Gasteiger charge is -2.22. The van der Waals surface area contributed by atoms with Crippen molar-refractivity contribution in [3.05, 3.63) is 80.7 Å². The van der Waals surface area contributed by atoms with Gasteiger partial charge in [-0.15, -0.1) is 0 Å². The number of aliphatic hydroxyl groups is 1. The Morgan fingerprint density at radius 3 is 2.45 bits per heavy atom. The van der Waals surface area contributed by atoms with Crippen LogP contribution in [0.25, 0.3) is 5.69 Å². The Hall–Kier alpha value is -3.96. The molecule has 2 heterocycles. The topological polar surface area (TPSA) is 118 Å². The number of nitrogens with zero attached hydrogens (tertiary/aromatic N) is 3. The van der Waals surface area contributed by atoms with Crippen LogP contribution in [0, 0.1) is 18.6 Å². The normalized spacial score (nSPS) is 13.0. The Labute approximate surface area is 221 Å². The lowest BCUT2D eigenvalue weighted by atomic mass is 10.0. The Morgan fingerprint density at radius 2 is 1.82 bits per heavy atom. The van der Waals surface area contributed by atoms with Crippen LogP contribution in [0.2, 0.25) is 5.02 Å². The number of aryl methyl sites for hydroxylation is 1. The van der Waals surface area contributed by atoms with E-state index in [2.05, 4.69) is 0 Å². The molecule has 1 aliphatic heterocycles. The lowest BCUT2D eigenvalue weighted by Crippen LogP contribution is -2.42. The Bertz CT molecular complexity index is 1500. The second-order valence-electron chi connectivity index (χ2n) is 9.52. The van der Waals surface area contributed by atoms with Gasteiger partial charge in [-0.25, -0.2) is 13.6 Å². The molecule has 0 saturated carbocycles. The second-order valence-corrected chi connectivity index (χ2v) is 9.90. The van der Waals surface area contributed by atoms with Crippen LogP contribution < -0.4 is 25.8 Å². The second kappa shape index (κ2) is 10.1. The van der Waals surface area contributed by atoms with Crippen molar-refractivity contribution in [2.75, 3.05) is 16.5 Å². The molecule has 12 heteroatoms. The monoisotopic (exact) mass is 546 g/mol. The zero-order valence-electron chi connectivity index (χ0n) is 20.8. The molecule has 2 aromatic carbocycles. The molecule has 200 valence electrons. The van der Waals surface area contributed by atoms with Gasteiger partial charge >= 0.3 is 6.03 Å².